The van der Waals surface area contributed by atoms with Gasteiger partial charge in [0.25, 0.3) is 0 Å². The molecule has 0 saturated carbocycles. The van der Waals surface area contributed by atoms with Crippen LogP contribution in [-0.4, -0.2) is 44.2 Å². The Morgan fingerprint density at radius 2 is 2.11 bits per heavy atom. The Morgan fingerprint density at radius 1 is 1.42 bits per heavy atom. The van der Waals surface area contributed by atoms with Gasteiger partial charge in [-0.1, -0.05) is 30.3 Å². The molecule has 1 unspecified atom stereocenters. The molecule has 1 aromatic carbocycles. The summed E-state index contributed by atoms with van der Waals surface area (Å²) in [6.45, 7) is 4.74. The minimum Gasteiger partial charge on any atom is -0.380 e. The van der Waals surface area contributed by atoms with Crippen molar-refractivity contribution in [2.45, 2.75) is 12.8 Å². The van der Waals surface area contributed by atoms with E-state index in [0.29, 0.717) is 19.8 Å². The number of carbonyl (C=O) groups excluding carboxylic acids is 1. The molecule has 0 bridgehead atoms. The summed E-state index contributed by atoms with van der Waals surface area (Å²) in [5.41, 5.74) is 3.21. The SMILES string of the molecule is CCOCCN(C)CC(C(=O)NN)c1ccccc1. The van der Waals surface area contributed by atoms with E-state index < -0.39 is 0 Å². The number of nitrogens with zero attached hydrogens (tertiary/aromatic N) is 1. The van der Waals surface area contributed by atoms with E-state index in [4.69, 9.17) is 10.6 Å². The molecule has 0 aliphatic rings. The van der Waals surface area contributed by atoms with Gasteiger partial charge in [-0.3, -0.25) is 10.2 Å². The Labute approximate surface area is 114 Å². The summed E-state index contributed by atoms with van der Waals surface area (Å²) in [4.78, 5) is 14.0. The molecule has 1 atom stereocenters. The largest absolute Gasteiger partial charge is 0.380 e. The van der Waals surface area contributed by atoms with Crippen molar-refractivity contribution in [3.8, 4) is 0 Å². The van der Waals surface area contributed by atoms with E-state index in [-0.39, 0.29) is 11.8 Å². The summed E-state index contributed by atoms with van der Waals surface area (Å²) in [6.07, 6.45) is 0. The van der Waals surface area contributed by atoms with Gasteiger partial charge >= 0.3 is 0 Å². The second-order valence-corrected chi connectivity index (χ2v) is 4.43. The molecular weight excluding hydrogens is 242 g/mol. The second-order valence-electron chi connectivity index (χ2n) is 4.43. The standard InChI is InChI=1S/C14H23N3O2/c1-3-19-10-9-17(2)11-13(14(18)16-15)12-7-5-4-6-8-12/h4-8,13H,3,9-11,15H2,1-2H3,(H,16,18). The zero-order chi connectivity index (χ0) is 14.1. The highest BCUT2D eigenvalue weighted by atomic mass is 16.5. The summed E-state index contributed by atoms with van der Waals surface area (Å²) in [5, 5.41) is 0. The molecule has 0 saturated heterocycles. The van der Waals surface area contributed by atoms with Crippen molar-refractivity contribution >= 4 is 5.91 Å². The fourth-order valence-electron chi connectivity index (χ4n) is 1.89. The molecule has 0 heterocycles. The molecule has 0 fully saturated rings. The number of hydrazine groups is 1. The Bertz CT molecular complexity index is 370. The van der Waals surface area contributed by atoms with Gasteiger partial charge in [0.05, 0.1) is 12.5 Å². The fourth-order valence-corrected chi connectivity index (χ4v) is 1.89. The predicted octanol–water partition coefficient (Wildman–Crippen LogP) is 0.728. The molecule has 106 valence electrons. The van der Waals surface area contributed by atoms with Crippen LogP contribution in [0.5, 0.6) is 0 Å². The molecule has 5 nitrogen and oxygen atoms in total. The number of nitrogens with one attached hydrogen (secondary N) is 1. The molecule has 1 aromatic rings. The zero-order valence-electron chi connectivity index (χ0n) is 11.6. The van der Waals surface area contributed by atoms with Crippen LogP contribution < -0.4 is 11.3 Å². The Kier molecular flexibility index (Phi) is 7.10. The van der Waals surface area contributed by atoms with Crippen molar-refractivity contribution in [3.05, 3.63) is 35.9 Å². The number of likely N-dealkylation sites (N-methyl/N-ethyl adjacent to an activating group) is 1. The molecule has 19 heavy (non-hydrogen) atoms. The molecule has 1 rings (SSSR count). The van der Waals surface area contributed by atoms with E-state index in [1.165, 1.54) is 0 Å². The number of nitrogens with two attached hydrogens (primary N) is 1. The quantitative estimate of drug-likeness (QED) is 0.315. The van der Waals surface area contributed by atoms with Crippen LogP contribution in [0.1, 0.15) is 18.4 Å². The molecule has 0 aromatic heterocycles. The van der Waals surface area contributed by atoms with Crippen LogP contribution in [0, 0.1) is 0 Å². The normalized spacial score (nSPS) is 12.4. The lowest BCUT2D eigenvalue weighted by Crippen LogP contribution is -2.40. The Morgan fingerprint density at radius 3 is 2.68 bits per heavy atom. The van der Waals surface area contributed by atoms with Crippen LogP contribution in [0.2, 0.25) is 0 Å². The first-order valence-electron chi connectivity index (χ1n) is 6.50. The summed E-state index contributed by atoms with van der Waals surface area (Å²) < 4.78 is 5.31. The van der Waals surface area contributed by atoms with Crippen LogP contribution in [0.25, 0.3) is 0 Å². The maximum absolute atomic E-state index is 11.9. The lowest BCUT2D eigenvalue weighted by molar-refractivity contribution is -0.123. The van der Waals surface area contributed by atoms with Crippen molar-refractivity contribution in [3.63, 3.8) is 0 Å². The third-order valence-corrected chi connectivity index (χ3v) is 2.98. The van der Waals surface area contributed by atoms with Crippen LogP contribution in [0.15, 0.2) is 30.3 Å². The number of benzene rings is 1. The maximum Gasteiger partial charge on any atom is 0.242 e. The highest BCUT2D eigenvalue weighted by Crippen LogP contribution is 2.16. The highest BCUT2D eigenvalue weighted by Gasteiger charge is 2.21. The van der Waals surface area contributed by atoms with E-state index >= 15 is 0 Å². The molecule has 0 spiro atoms. The van der Waals surface area contributed by atoms with Crippen molar-refractivity contribution in [2.24, 2.45) is 5.84 Å². The van der Waals surface area contributed by atoms with E-state index in [9.17, 15) is 4.79 Å². The molecule has 0 radical (unpaired) electrons. The van der Waals surface area contributed by atoms with E-state index in [1.54, 1.807) is 0 Å². The molecular formula is C14H23N3O2. The summed E-state index contributed by atoms with van der Waals surface area (Å²) in [6, 6.07) is 9.66. The van der Waals surface area contributed by atoms with E-state index in [0.717, 1.165) is 12.1 Å². The first-order valence-corrected chi connectivity index (χ1v) is 6.50. The number of amides is 1. The molecule has 5 heteroatoms. The van der Waals surface area contributed by atoms with Gasteiger partial charge in [-0.15, -0.1) is 0 Å². The van der Waals surface area contributed by atoms with Crippen LogP contribution in [-0.2, 0) is 9.53 Å². The van der Waals surface area contributed by atoms with Gasteiger partial charge < -0.3 is 9.64 Å². The third-order valence-electron chi connectivity index (χ3n) is 2.98. The van der Waals surface area contributed by atoms with Gasteiger partial charge in [0.2, 0.25) is 5.91 Å². The van der Waals surface area contributed by atoms with Crippen LogP contribution in [0.3, 0.4) is 0 Å². The van der Waals surface area contributed by atoms with Gasteiger partial charge in [-0.05, 0) is 19.5 Å². The van der Waals surface area contributed by atoms with E-state index in [2.05, 4.69) is 10.3 Å². The van der Waals surface area contributed by atoms with Crippen molar-refractivity contribution in [1.29, 1.82) is 0 Å². The zero-order valence-corrected chi connectivity index (χ0v) is 11.6. The summed E-state index contributed by atoms with van der Waals surface area (Å²) in [5.74, 6) is 4.83. The minimum absolute atomic E-state index is 0.172. The number of carbonyl (C=O) groups is 1. The van der Waals surface area contributed by atoms with Crippen molar-refractivity contribution in [2.75, 3.05) is 33.4 Å². The number of ether oxygens (including phenoxy) is 1. The number of rotatable bonds is 8. The first kappa shape index (κ1) is 15.6. The molecule has 0 aliphatic carbocycles. The Hall–Kier alpha value is -1.43. The summed E-state index contributed by atoms with van der Waals surface area (Å²) in [7, 11) is 1.97. The average Bonchev–Trinajstić information content (AvgIpc) is 2.45. The monoisotopic (exact) mass is 265 g/mol. The van der Waals surface area contributed by atoms with Gasteiger partial charge in [-0.25, -0.2) is 5.84 Å². The highest BCUT2D eigenvalue weighted by molar-refractivity contribution is 5.83. The molecule has 0 aliphatic heterocycles. The van der Waals surface area contributed by atoms with E-state index in [1.807, 2.05) is 44.3 Å². The molecule has 3 N–H and O–H groups in total. The second kappa shape index (κ2) is 8.63. The Balaban J connectivity index is 2.63. The smallest absolute Gasteiger partial charge is 0.242 e. The van der Waals surface area contributed by atoms with Gasteiger partial charge in [0.15, 0.2) is 0 Å². The summed E-state index contributed by atoms with van der Waals surface area (Å²) >= 11 is 0. The number of hydrogen-bond acceptors (Lipinski definition) is 4. The van der Waals surface area contributed by atoms with Gasteiger partial charge in [0.1, 0.15) is 0 Å². The fraction of sp³-hybridized carbons (Fsp3) is 0.500. The molecule has 1 amide bonds. The van der Waals surface area contributed by atoms with Crippen LogP contribution >= 0.6 is 0 Å². The topological polar surface area (TPSA) is 67.6 Å². The predicted molar refractivity (Wildman–Crippen MR) is 75.5 cm³/mol. The minimum atomic E-state index is -0.266. The van der Waals surface area contributed by atoms with Gasteiger partial charge in [-0.2, -0.15) is 0 Å². The van der Waals surface area contributed by atoms with Crippen molar-refractivity contribution in [1.82, 2.24) is 10.3 Å². The lowest BCUT2D eigenvalue weighted by Gasteiger charge is -2.23. The third kappa shape index (κ3) is 5.38. The lowest BCUT2D eigenvalue weighted by atomic mass is 9.98. The van der Waals surface area contributed by atoms with Gasteiger partial charge in [0, 0.05) is 19.7 Å². The van der Waals surface area contributed by atoms with Crippen molar-refractivity contribution < 1.29 is 9.53 Å². The van der Waals surface area contributed by atoms with Crippen LogP contribution in [0.4, 0.5) is 0 Å². The average molecular weight is 265 g/mol. The number of hydrogen-bond donors (Lipinski definition) is 2. The first-order chi connectivity index (χ1) is 9.19. The maximum atomic E-state index is 11.9.